The van der Waals surface area contributed by atoms with E-state index in [2.05, 4.69) is 28.8 Å². The van der Waals surface area contributed by atoms with Crippen LogP contribution in [0.15, 0.2) is 24.3 Å². The predicted octanol–water partition coefficient (Wildman–Crippen LogP) is -4.76. The van der Waals surface area contributed by atoms with E-state index in [1.54, 1.807) is 38.1 Å². The van der Waals surface area contributed by atoms with Gasteiger partial charge in [0.15, 0.2) is 0 Å². The Hall–Kier alpha value is -6.50. The first-order valence-electron chi connectivity index (χ1n) is 22.8. The number of carbonyl (C=O) groups is 11. The van der Waals surface area contributed by atoms with Gasteiger partial charge >= 0.3 is 65.7 Å². The molecule has 0 saturated carbocycles. The van der Waals surface area contributed by atoms with Crippen LogP contribution in [-0.4, -0.2) is 186 Å². The van der Waals surface area contributed by atoms with Crippen molar-refractivity contribution in [2.75, 3.05) is 25.4 Å². The number of thiol groups is 1. The van der Waals surface area contributed by atoms with Gasteiger partial charge in [-0.3, -0.25) is 38.4 Å². The molecule has 446 valence electrons. The molecule has 0 aliphatic heterocycles. The standard InChI is InChI=1S/C18H27N3O5S.C7H14N2O5.C6H13NO2.C5H11NO2.C4H7NO4.2C2H5NO2/c1-10(2)7-13(19)16(22)26-17(23)14(20)8-11-3-5-12(6-4-11)25-18(24)15(21)9-27;1-3(5(9)6(11)12)14-7(13)4(8)2-10;1-3-4(2)5(7)6(8)9;1-3(2)4(6)5(7)8;5-2(4(8)9)1-3(6)7;2*3-1-2(4)5/h3-6,10,13-15,27H,7-9,19-21H2,1-2H3;3-5,10H,2,8-9H2,1H3,(H,11,12);4-5H,3,7H2,1-2H3,(H,8,9);3-4H,6H2,1-2H3,(H,7,8);2H,1,5H2,(H,6,7)(H,8,9);2*1,3H2,(H,4,5)/t13-,14-,15-;3-,4+,5+;4-,5-;4-;2-;;/m01000../s1. The van der Waals surface area contributed by atoms with Gasteiger partial charge in [-0.15, -0.1) is 0 Å². The molecule has 0 heterocycles. The number of aliphatic hydroxyl groups is 1. The van der Waals surface area contributed by atoms with E-state index in [-0.39, 0.29) is 43.0 Å². The zero-order chi connectivity index (χ0) is 62.0. The van der Waals surface area contributed by atoms with Crippen molar-refractivity contribution in [2.45, 2.75) is 129 Å². The van der Waals surface area contributed by atoms with Crippen LogP contribution in [0.5, 0.6) is 5.75 Å². The normalized spacial score (nSPS) is 13.9. The number of nitrogens with two attached hydrogens (primary N) is 10. The summed E-state index contributed by atoms with van der Waals surface area (Å²) < 4.78 is 14.4. The molecule has 1 rings (SSSR count). The SMILES string of the molecule is CC(C)C[C@H](N)C(=O)OC(=O)[C@@H](N)Cc1ccc(OC(=O)[C@@H](N)CS)cc1.CC(C)[C@H](N)C(=O)O.CC[C@H](C)[C@H](N)C(=O)O.C[C@@H](OC(=O)[C@@H](N)CO)[C@H](N)C(=O)O.NCC(=O)O.NCC(=O)O.N[C@@H](CC(=O)O)C(=O)O. The second-order valence-corrected chi connectivity index (χ2v) is 16.9. The van der Waals surface area contributed by atoms with E-state index in [0.717, 1.165) is 6.42 Å². The number of aliphatic carboxylic acids is 7. The lowest BCUT2D eigenvalue weighted by Gasteiger charge is -2.18. The van der Waals surface area contributed by atoms with Gasteiger partial charge in [0.2, 0.25) is 0 Å². The first kappa shape index (κ1) is 81.9. The van der Waals surface area contributed by atoms with Gasteiger partial charge in [-0.2, -0.15) is 12.6 Å². The van der Waals surface area contributed by atoms with Crippen molar-refractivity contribution in [3.05, 3.63) is 29.8 Å². The fraction of sp³-hybridized carbons (Fsp3) is 0.614. The van der Waals surface area contributed by atoms with Crippen LogP contribution in [-0.2, 0) is 68.6 Å². The van der Waals surface area contributed by atoms with Gasteiger partial charge in [-0.05, 0) is 55.2 Å². The summed E-state index contributed by atoms with van der Waals surface area (Å²) in [6, 6.07) is -1.46. The van der Waals surface area contributed by atoms with Crippen molar-refractivity contribution in [2.24, 2.45) is 75.1 Å². The van der Waals surface area contributed by atoms with Gasteiger partial charge in [-0.25, -0.2) is 14.4 Å². The van der Waals surface area contributed by atoms with E-state index < -0.39 is 133 Å². The second kappa shape index (κ2) is 46.8. The molecule has 1 aromatic rings. The van der Waals surface area contributed by atoms with E-state index in [1.807, 2.05) is 27.7 Å². The summed E-state index contributed by atoms with van der Waals surface area (Å²) in [6.45, 7) is 11.3. The molecule has 28 N–H and O–H groups in total. The smallest absolute Gasteiger partial charge is 0.330 e. The molecule has 32 nitrogen and oxygen atoms in total. The molecule has 0 radical (unpaired) electrons. The summed E-state index contributed by atoms with van der Waals surface area (Å²) in [5, 5.41) is 64.8. The van der Waals surface area contributed by atoms with Crippen molar-refractivity contribution >= 4 is 78.3 Å². The maximum atomic E-state index is 12.0. The summed E-state index contributed by atoms with van der Waals surface area (Å²) in [5.74, 6) is -9.86. The molecule has 0 bridgehead atoms. The van der Waals surface area contributed by atoms with Crippen LogP contribution in [0.2, 0.25) is 0 Å². The summed E-state index contributed by atoms with van der Waals surface area (Å²) >= 11 is 3.93. The van der Waals surface area contributed by atoms with E-state index in [1.165, 1.54) is 6.92 Å². The van der Waals surface area contributed by atoms with Crippen LogP contribution in [0.4, 0.5) is 0 Å². The number of carbonyl (C=O) groups excluding carboxylic acids is 4. The van der Waals surface area contributed by atoms with Gasteiger partial charge < -0.3 is 112 Å². The molecule has 0 saturated heterocycles. The van der Waals surface area contributed by atoms with Gasteiger partial charge in [0.05, 0.1) is 26.1 Å². The Morgan fingerprint density at radius 1 is 0.532 bits per heavy atom. The quantitative estimate of drug-likeness (QED) is 0.0200. The summed E-state index contributed by atoms with van der Waals surface area (Å²) in [5.41, 5.74) is 52.4. The Balaban J connectivity index is -0.000000212. The third-order valence-corrected chi connectivity index (χ3v) is 9.22. The predicted molar refractivity (Wildman–Crippen MR) is 277 cm³/mol. The molecule has 77 heavy (non-hydrogen) atoms. The lowest BCUT2D eigenvalue weighted by Crippen LogP contribution is -2.46. The molecule has 33 heteroatoms. The van der Waals surface area contributed by atoms with Crippen LogP contribution < -0.4 is 62.1 Å². The van der Waals surface area contributed by atoms with Crippen LogP contribution >= 0.6 is 12.6 Å². The number of carboxylic acids is 7. The van der Waals surface area contributed by atoms with Crippen molar-refractivity contribution in [3.8, 4) is 5.75 Å². The maximum Gasteiger partial charge on any atom is 0.330 e. The van der Waals surface area contributed by atoms with Crippen LogP contribution in [0.3, 0.4) is 0 Å². The lowest BCUT2D eigenvalue weighted by atomic mass is 10.0. The lowest BCUT2D eigenvalue weighted by molar-refractivity contribution is -0.162. The molecule has 0 fully saturated rings. The Labute approximate surface area is 449 Å². The molecule has 0 aliphatic rings. The number of aliphatic hydroxyl groups excluding tert-OH is 1. The minimum atomic E-state index is -1.30. The first-order chi connectivity index (χ1) is 35.3. The van der Waals surface area contributed by atoms with E-state index >= 15 is 0 Å². The van der Waals surface area contributed by atoms with Crippen LogP contribution in [0.25, 0.3) is 0 Å². The number of rotatable bonds is 24. The maximum absolute atomic E-state index is 12.0. The third kappa shape index (κ3) is 47.7. The Morgan fingerprint density at radius 2 is 0.948 bits per heavy atom. The minimum absolute atomic E-state index is 0.0208. The Kier molecular flexibility index (Phi) is 49.7. The van der Waals surface area contributed by atoms with Crippen molar-refractivity contribution in [1.82, 2.24) is 0 Å². The summed E-state index contributed by atoms with van der Waals surface area (Å²) in [7, 11) is 0. The average Bonchev–Trinajstić information content (AvgIpc) is 3.35. The average molecular weight is 1140 g/mol. The number of carboxylic acid groups (broad SMARTS) is 7. The van der Waals surface area contributed by atoms with Crippen LogP contribution in [0, 0.1) is 17.8 Å². The van der Waals surface area contributed by atoms with Crippen LogP contribution in [0.1, 0.15) is 73.3 Å². The molecule has 0 aliphatic carbocycles. The van der Waals surface area contributed by atoms with E-state index in [4.69, 9.17) is 96.2 Å². The monoisotopic (exact) mass is 1130 g/mol. The fourth-order valence-electron chi connectivity index (χ4n) is 3.83. The van der Waals surface area contributed by atoms with Gasteiger partial charge in [0.1, 0.15) is 60.2 Å². The Morgan fingerprint density at radius 3 is 1.22 bits per heavy atom. The van der Waals surface area contributed by atoms with E-state index in [9.17, 15) is 52.7 Å². The zero-order valence-corrected chi connectivity index (χ0v) is 44.8. The molecular formula is C44H82N10O22S. The van der Waals surface area contributed by atoms with Gasteiger partial charge in [-0.1, -0.05) is 60.1 Å². The fourth-order valence-corrected chi connectivity index (χ4v) is 3.98. The van der Waals surface area contributed by atoms with Crippen molar-refractivity contribution in [3.63, 3.8) is 0 Å². The summed E-state index contributed by atoms with van der Waals surface area (Å²) in [6.07, 6.45) is -0.144. The molecule has 0 amide bonds. The Bertz CT molecular complexity index is 1920. The number of benzene rings is 1. The minimum Gasteiger partial charge on any atom is -0.481 e. The number of hydrogen-bond acceptors (Lipinski definition) is 26. The van der Waals surface area contributed by atoms with Gasteiger partial charge in [0, 0.05) is 5.75 Å². The molecule has 10 atom stereocenters. The number of ether oxygens (including phenoxy) is 3. The topological polar surface area (TPSA) is 638 Å². The van der Waals surface area contributed by atoms with Gasteiger partial charge in [0.25, 0.3) is 0 Å². The van der Waals surface area contributed by atoms with Crippen molar-refractivity contribution in [1.29, 1.82) is 0 Å². The van der Waals surface area contributed by atoms with Crippen molar-refractivity contribution < 1.29 is 108 Å². The third-order valence-electron chi connectivity index (χ3n) is 8.83. The number of esters is 4. The highest BCUT2D eigenvalue weighted by atomic mass is 32.1. The molecule has 1 aromatic carbocycles. The zero-order valence-electron chi connectivity index (χ0n) is 43.9. The first-order valence-corrected chi connectivity index (χ1v) is 23.4. The summed E-state index contributed by atoms with van der Waals surface area (Å²) in [4.78, 5) is 115. The molecular weight excluding hydrogens is 1050 g/mol. The second-order valence-electron chi connectivity index (χ2n) is 16.5. The number of hydrogen-bond donors (Lipinski definition) is 19. The highest BCUT2D eigenvalue weighted by Gasteiger charge is 2.27. The van der Waals surface area contributed by atoms with E-state index in [0.29, 0.717) is 17.7 Å². The molecule has 0 aromatic heterocycles. The molecule has 0 unspecified atom stereocenters. The molecule has 0 spiro atoms. The largest absolute Gasteiger partial charge is 0.481 e. The highest BCUT2D eigenvalue weighted by Crippen LogP contribution is 2.15. The highest BCUT2D eigenvalue weighted by molar-refractivity contribution is 7.80.